The summed E-state index contributed by atoms with van der Waals surface area (Å²) in [5.74, 6) is 0.644. The number of tetrazole rings is 1. The number of hydrogen-bond acceptors (Lipinski definition) is 5. The Morgan fingerprint density at radius 2 is 2.33 bits per heavy atom. The van der Waals surface area contributed by atoms with Crippen LogP contribution in [0.25, 0.3) is 0 Å². The molecule has 0 bridgehead atoms. The average molecular weight is 212 g/mol. The molecule has 0 fully saturated rings. The summed E-state index contributed by atoms with van der Waals surface area (Å²) in [5.41, 5.74) is 0. The smallest absolute Gasteiger partial charge is 0.236 e. The lowest BCUT2D eigenvalue weighted by Crippen LogP contribution is -2.35. The first-order valence-corrected chi connectivity index (χ1v) is 4.81. The quantitative estimate of drug-likeness (QED) is 0.662. The molecule has 0 aliphatic rings. The fraction of sp³-hybridized carbons (Fsp3) is 0.750. The average Bonchev–Trinajstić information content (AvgIpc) is 2.63. The van der Waals surface area contributed by atoms with Gasteiger partial charge in [0.2, 0.25) is 5.91 Å². The molecule has 0 unspecified atom stereocenters. The molecule has 1 amide bonds. The van der Waals surface area contributed by atoms with Crippen LogP contribution in [0.2, 0.25) is 0 Å². The molecule has 0 saturated carbocycles. The molecular formula is C8H16N6O. The summed E-state index contributed by atoms with van der Waals surface area (Å²) >= 11 is 0. The first kappa shape index (κ1) is 11.6. The number of nitrogens with zero attached hydrogens (tertiary/aromatic N) is 5. The third-order valence-corrected chi connectivity index (χ3v) is 2.01. The number of likely N-dealkylation sites (N-methyl/N-ethyl adjacent to an activating group) is 1. The number of hydrogen-bond donors (Lipinski definition) is 1. The molecular weight excluding hydrogens is 196 g/mol. The summed E-state index contributed by atoms with van der Waals surface area (Å²) in [6.45, 7) is 3.39. The van der Waals surface area contributed by atoms with Crippen LogP contribution in [0, 0.1) is 0 Å². The number of carbonyl (C=O) groups is 1. The van der Waals surface area contributed by atoms with Gasteiger partial charge in [0.25, 0.3) is 0 Å². The SMILES string of the molecule is CCN(C)C(=O)CNCc1nnn(C)n1. The molecule has 84 valence electrons. The highest BCUT2D eigenvalue weighted by Crippen LogP contribution is 1.85. The van der Waals surface area contributed by atoms with Crippen molar-refractivity contribution >= 4 is 5.91 Å². The number of nitrogens with one attached hydrogen (secondary N) is 1. The topological polar surface area (TPSA) is 75.9 Å². The molecule has 1 heterocycles. The first-order valence-electron chi connectivity index (χ1n) is 4.81. The molecule has 0 aromatic carbocycles. The summed E-state index contributed by atoms with van der Waals surface area (Å²) < 4.78 is 0. The standard InChI is InChI=1S/C8H16N6O/c1-4-13(2)8(15)6-9-5-7-10-12-14(3)11-7/h9H,4-6H2,1-3H3. The lowest BCUT2D eigenvalue weighted by molar-refractivity contribution is -0.128. The molecule has 15 heavy (non-hydrogen) atoms. The first-order chi connectivity index (χ1) is 7.13. The van der Waals surface area contributed by atoms with E-state index in [1.54, 1.807) is 19.0 Å². The lowest BCUT2D eigenvalue weighted by Gasteiger charge is -2.13. The Kier molecular flexibility index (Phi) is 4.17. The maximum absolute atomic E-state index is 11.4. The Hall–Kier alpha value is -1.50. The third kappa shape index (κ3) is 3.62. The monoisotopic (exact) mass is 212 g/mol. The highest BCUT2D eigenvalue weighted by molar-refractivity contribution is 5.77. The molecule has 7 heteroatoms. The fourth-order valence-corrected chi connectivity index (χ4v) is 0.987. The van der Waals surface area contributed by atoms with Crippen molar-refractivity contribution in [1.82, 2.24) is 30.4 Å². The maximum atomic E-state index is 11.4. The number of aromatic nitrogens is 4. The number of carbonyl (C=O) groups excluding carboxylic acids is 1. The minimum Gasteiger partial charge on any atom is -0.345 e. The summed E-state index contributed by atoms with van der Waals surface area (Å²) in [5, 5.41) is 14.4. The van der Waals surface area contributed by atoms with Gasteiger partial charge >= 0.3 is 0 Å². The van der Waals surface area contributed by atoms with Gasteiger partial charge in [0, 0.05) is 13.6 Å². The normalized spacial score (nSPS) is 10.3. The maximum Gasteiger partial charge on any atom is 0.236 e. The molecule has 0 aliphatic heterocycles. The molecule has 0 atom stereocenters. The highest BCUT2D eigenvalue weighted by atomic mass is 16.2. The van der Waals surface area contributed by atoms with Crippen LogP contribution in [-0.2, 0) is 18.4 Å². The molecule has 1 aromatic rings. The molecule has 1 N–H and O–H groups in total. The van der Waals surface area contributed by atoms with E-state index in [9.17, 15) is 4.79 Å². The number of rotatable bonds is 5. The van der Waals surface area contributed by atoms with Crippen LogP contribution in [-0.4, -0.2) is 51.2 Å². The van der Waals surface area contributed by atoms with Gasteiger partial charge in [-0.15, -0.1) is 10.2 Å². The van der Waals surface area contributed by atoms with E-state index >= 15 is 0 Å². The van der Waals surface area contributed by atoms with Gasteiger partial charge in [-0.2, -0.15) is 4.80 Å². The zero-order valence-electron chi connectivity index (χ0n) is 9.27. The summed E-state index contributed by atoms with van der Waals surface area (Å²) in [7, 11) is 3.47. The molecule has 0 aliphatic carbocycles. The minimum atomic E-state index is 0.0568. The van der Waals surface area contributed by atoms with Crippen LogP contribution in [0.4, 0.5) is 0 Å². The molecule has 1 rings (SSSR count). The van der Waals surface area contributed by atoms with Gasteiger partial charge in [-0.1, -0.05) is 0 Å². The van der Waals surface area contributed by atoms with Crippen LogP contribution >= 0.6 is 0 Å². The van der Waals surface area contributed by atoms with Gasteiger partial charge in [-0.3, -0.25) is 4.79 Å². The van der Waals surface area contributed by atoms with Gasteiger partial charge in [0.15, 0.2) is 5.82 Å². The fourth-order valence-electron chi connectivity index (χ4n) is 0.987. The van der Waals surface area contributed by atoms with Crippen LogP contribution < -0.4 is 5.32 Å². The second-order valence-electron chi connectivity index (χ2n) is 3.21. The molecule has 7 nitrogen and oxygen atoms in total. The van der Waals surface area contributed by atoms with Crippen molar-refractivity contribution in [2.45, 2.75) is 13.5 Å². The third-order valence-electron chi connectivity index (χ3n) is 2.01. The van der Waals surface area contributed by atoms with Gasteiger partial charge in [0.1, 0.15) is 0 Å². The van der Waals surface area contributed by atoms with E-state index in [-0.39, 0.29) is 5.91 Å². The lowest BCUT2D eigenvalue weighted by atomic mass is 10.5. The van der Waals surface area contributed by atoms with Crippen LogP contribution in [0.3, 0.4) is 0 Å². The Morgan fingerprint density at radius 1 is 1.60 bits per heavy atom. The van der Waals surface area contributed by atoms with E-state index < -0.39 is 0 Å². The molecule has 0 spiro atoms. The van der Waals surface area contributed by atoms with Crippen molar-refractivity contribution < 1.29 is 4.79 Å². The Labute approximate surface area is 88.4 Å². The van der Waals surface area contributed by atoms with Gasteiger partial charge in [-0.05, 0) is 12.1 Å². The van der Waals surface area contributed by atoms with Crippen molar-refractivity contribution in [3.8, 4) is 0 Å². The van der Waals surface area contributed by atoms with E-state index in [1.807, 2.05) is 6.92 Å². The van der Waals surface area contributed by atoms with E-state index in [0.717, 1.165) is 0 Å². The predicted molar refractivity (Wildman–Crippen MR) is 53.8 cm³/mol. The van der Waals surface area contributed by atoms with Gasteiger partial charge < -0.3 is 10.2 Å². The van der Waals surface area contributed by atoms with E-state index in [0.29, 0.717) is 25.5 Å². The van der Waals surface area contributed by atoms with Crippen LogP contribution in [0.5, 0.6) is 0 Å². The van der Waals surface area contributed by atoms with E-state index in [4.69, 9.17) is 0 Å². The van der Waals surface area contributed by atoms with Crippen molar-refractivity contribution in [2.75, 3.05) is 20.1 Å². The van der Waals surface area contributed by atoms with Crippen molar-refractivity contribution in [3.63, 3.8) is 0 Å². The van der Waals surface area contributed by atoms with Crippen LogP contribution in [0.15, 0.2) is 0 Å². The van der Waals surface area contributed by atoms with E-state index in [1.165, 1.54) is 4.80 Å². The van der Waals surface area contributed by atoms with Gasteiger partial charge in [-0.25, -0.2) is 0 Å². The number of aryl methyl sites for hydroxylation is 1. The second kappa shape index (κ2) is 5.40. The molecule has 0 radical (unpaired) electrons. The molecule has 1 aromatic heterocycles. The highest BCUT2D eigenvalue weighted by Gasteiger charge is 2.06. The zero-order chi connectivity index (χ0) is 11.3. The zero-order valence-corrected chi connectivity index (χ0v) is 9.27. The Balaban J connectivity index is 2.24. The van der Waals surface area contributed by atoms with Crippen molar-refractivity contribution in [1.29, 1.82) is 0 Å². The summed E-state index contributed by atoms with van der Waals surface area (Å²) in [4.78, 5) is 14.4. The molecule has 0 saturated heterocycles. The van der Waals surface area contributed by atoms with E-state index in [2.05, 4.69) is 20.7 Å². The Bertz CT molecular complexity index is 323. The van der Waals surface area contributed by atoms with Crippen molar-refractivity contribution in [3.05, 3.63) is 5.82 Å². The number of amides is 1. The van der Waals surface area contributed by atoms with Crippen molar-refractivity contribution in [2.24, 2.45) is 7.05 Å². The Morgan fingerprint density at radius 3 is 2.87 bits per heavy atom. The van der Waals surface area contributed by atoms with Gasteiger partial charge in [0.05, 0.1) is 20.1 Å². The summed E-state index contributed by atoms with van der Waals surface area (Å²) in [6.07, 6.45) is 0. The van der Waals surface area contributed by atoms with Crippen LogP contribution in [0.1, 0.15) is 12.7 Å². The summed E-state index contributed by atoms with van der Waals surface area (Å²) in [6, 6.07) is 0. The second-order valence-corrected chi connectivity index (χ2v) is 3.21. The predicted octanol–water partition coefficient (Wildman–Crippen LogP) is -1.22. The largest absolute Gasteiger partial charge is 0.345 e. The minimum absolute atomic E-state index is 0.0568.